The first kappa shape index (κ1) is 17.8. The van der Waals surface area contributed by atoms with Gasteiger partial charge in [-0.15, -0.1) is 0 Å². The Kier molecular flexibility index (Phi) is 5.01. The number of nitrogens with zero attached hydrogens (tertiary/aromatic N) is 1. The molecule has 1 amide bonds. The van der Waals surface area contributed by atoms with E-state index in [1.165, 1.54) is 10.1 Å². The molecule has 1 aromatic heterocycles. The number of aromatic nitrogens is 1. The smallest absolute Gasteiger partial charge is 0.293 e. The van der Waals surface area contributed by atoms with Crippen molar-refractivity contribution in [1.82, 2.24) is 9.88 Å². The van der Waals surface area contributed by atoms with E-state index in [0.717, 1.165) is 38.5 Å². The number of rotatable bonds is 5. The van der Waals surface area contributed by atoms with Gasteiger partial charge in [-0.1, -0.05) is 30.3 Å². The quantitative estimate of drug-likeness (QED) is 0.852. The van der Waals surface area contributed by atoms with Gasteiger partial charge < -0.3 is 15.0 Å². The van der Waals surface area contributed by atoms with Crippen LogP contribution in [0.4, 0.5) is 0 Å². The number of nitrogens with one attached hydrogen (secondary N) is 1. The molecule has 2 aromatic rings. The Morgan fingerprint density at radius 3 is 2.41 bits per heavy atom. The number of pyridine rings is 1. The molecule has 0 saturated heterocycles. The summed E-state index contributed by atoms with van der Waals surface area (Å²) in [7, 11) is 0. The minimum atomic E-state index is -0.470. The second-order valence-corrected chi connectivity index (χ2v) is 7.91. The average Bonchev–Trinajstić information content (AvgIpc) is 3.51. The highest BCUT2D eigenvalue weighted by atomic mass is 16.3. The molecule has 0 spiro atoms. The van der Waals surface area contributed by atoms with E-state index in [1.807, 2.05) is 6.07 Å². The molecule has 5 heteroatoms. The number of carbonyl (C=O) groups is 1. The fourth-order valence-corrected chi connectivity index (χ4v) is 4.03. The zero-order valence-electron chi connectivity index (χ0n) is 15.4. The Hall–Kier alpha value is -2.56. The van der Waals surface area contributed by atoms with Crippen LogP contribution in [-0.4, -0.2) is 21.6 Å². The summed E-state index contributed by atoms with van der Waals surface area (Å²) in [6, 6.07) is 12.1. The van der Waals surface area contributed by atoms with E-state index in [0.29, 0.717) is 18.4 Å². The molecule has 2 N–H and O–H groups in total. The molecule has 0 bridgehead atoms. The van der Waals surface area contributed by atoms with Crippen molar-refractivity contribution in [2.24, 2.45) is 5.92 Å². The third-order valence-electron chi connectivity index (χ3n) is 5.87. The highest BCUT2D eigenvalue weighted by Gasteiger charge is 2.26. The van der Waals surface area contributed by atoms with Crippen LogP contribution in [0.25, 0.3) is 0 Å². The number of hydrogen-bond donors (Lipinski definition) is 2. The van der Waals surface area contributed by atoms with E-state index in [4.69, 9.17) is 0 Å². The number of aromatic hydroxyl groups is 1. The molecule has 0 aliphatic heterocycles. The maximum atomic E-state index is 12.6. The molecule has 0 radical (unpaired) electrons. The summed E-state index contributed by atoms with van der Waals surface area (Å²) in [5.74, 6) is 0.278. The Morgan fingerprint density at radius 2 is 1.74 bits per heavy atom. The van der Waals surface area contributed by atoms with Crippen molar-refractivity contribution in [1.29, 1.82) is 0 Å². The summed E-state index contributed by atoms with van der Waals surface area (Å²) < 4.78 is 1.51. The highest BCUT2D eigenvalue weighted by Crippen LogP contribution is 2.33. The van der Waals surface area contributed by atoms with Gasteiger partial charge in [0.2, 0.25) is 0 Å². The van der Waals surface area contributed by atoms with Crippen molar-refractivity contribution in [2.45, 2.75) is 57.0 Å². The number of hydrogen-bond acceptors (Lipinski definition) is 3. The van der Waals surface area contributed by atoms with Crippen LogP contribution in [0.1, 0.15) is 60.4 Å². The van der Waals surface area contributed by atoms with Crippen LogP contribution >= 0.6 is 0 Å². The predicted molar refractivity (Wildman–Crippen MR) is 104 cm³/mol. The van der Waals surface area contributed by atoms with E-state index in [2.05, 4.69) is 29.6 Å². The summed E-state index contributed by atoms with van der Waals surface area (Å²) >= 11 is 0. The molecular formula is C22H26N2O3. The topological polar surface area (TPSA) is 71.3 Å². The first-order valence-electron chi connectivity index (χ1n) is 9.90. The van der Waals surface area contributed by atoms with E-state index in [9.17, 15) is 14.7 Å². The van der Waals surface area contributed by atoms with E-state index < -0.39 is 11.3 Å². The maximum absolute atomic E-state index is 12.6. The van der Waals surface area contributed by atoms with Gasteiger partial charge in [0.25, 0.3) is 11.5 Å². The Morgan fingerprint density at radius 1 is 1.04 bits per heavy atom. The second-order valence-electron chi connectivity index (χ2n) is 7.91. The third kappa shape index (κ3) is 4.07. The van der Waals surface area contributed by atoms with Gasteiger partial charge in [0, 0.05) is 18.8 Å². The Balaban J connectivity index is 1.37. The molecule has 0 atom stereocenters. The number of amides is 1. The molecule has 0 unspecified atom stereocenters. The molecule has 2 aliphatic rings. The monoisotopic (exact) mass is 366 g/mol. The fourth-order valence-electron chi connectivity index (χ4n) is 4.03. The molecule has 1 aromatic carbocycles. The van der Waals surface area contributed by atoms with Crippen LogP contribution in [0, 0.1) is 5.92 Å². The lowest BCUT2D eigenvalue weighted by Gasteiger charge is -2.29. The summed E-state index contributed by atoms with van der Waals surface area (Å²) in [4.78, 5) is 24.8. The Bertz CT molecular complexity index is 863. The molecule has 2 saturated carbocycles. The molecule has 27 heavy (non-hydrogen) atoms. The van der Waals surface area contributed by atoms with Crippen LogP contribution < -0.4 is 10.9 Å². The molecule has 2 aliphatic carbocycles. The molecule has 5 nitrogen and oxygen atoms in total. The van der Waals surface area contributed by atoms with Crippen LogP contribution in [0.5, 0.6) is 5.75 Å². The molecule has 2 fully saturated rings. The van der Waals surface area contributed by atoms with Crippen molar-refractivity contribution < 1.29 is 9.90 Å². The van der Waals surface area contributed by atoms with E-state index in [1.54, 1.807) is 12.3 Å². The molecule has 142 valence electrons. The van der Waals surface area contributed by atoms with Crippen molar-refractivity contribution in [3.63, 3.8) is 0 Å². The zero-order chi connectivity index (χ0) is 18.8. The number of benzene rings is 1. The van der Waals surface area contributed by atoms with Crippen LogP contribution in [-0.2, 0) is 6.54 Å². The minimum Gasteiger partial charge on any atom is -0.502 e. The lowest BCUT2D eigenvalue weighted by atomic mass is 9.82. The first-order valence-corrected chi connectivity index (χ1v) is 9.90. The number of carbonyl (C=O) groups excluding carboxylic acids is 1. The second kappa shape index (κ2) is 7.59. The molecule has 1 heterocycles. The first-order chi connectivity index (χ1) is 13.1. The lowest BCUT2D eigenvalue weighted by molar-refractivity contribution is 0.0922. The van der Waals surface area contributed by atoms with Crippen molar-refractivity contribution in [2.75, 3.05) is 0 Å². The summed E-state index contributed by atoms with van der Waals surface area (Å²) in [5, 5.41) is 13.2. The summed E-state index contributed by atoms with van der Waals surface area (Å²) in [6.45, 7) is 0.623. The van der Waals surface area contributed by atoms with Crippen molar-refractivity contribution >= 4 is 5.91 Å². The van der Waals surface area contributed by atoms with Gasteiger partial charge in [-0.2, -0.15) is 0 Å². The average molecular weight is 366 g/mol. The van der Waals surface area contributed by atoms with E-state index >= 15 is 0 Å². The van der Waals surface area contributed by atoms with Crippen LogP contribution in [0.15, 0.2) is 47.4 Å². The maximum Gasteiger partial charge on any atom is 0.293 e. The molecule has 4 rings (SSSR count). The zero-order valence-corrected chi connectivity index (χ0v) is 15.4. The van der Waals surface area contributed by atoms with Gasteiger partial charge in [0.05, 0.1) is 5.56 Å². The van der Waals surface area contributed by atoms with Gasteiger partial charge in [0.15, 0.2) is 5.75 Å². The third-order valence-corrected chi connectivity index (χ3v) is 5.87. The predicted octanol–water partition coefficient (Wildman–Crippen LogP) is 3.42. The largest absolute Gasteiger partial charge is 0.502 e. The van der Waals surface area contributed by atoms with E-state index in [-0.39, 0.29) is 17.5 Å². The van der Waals surface area contributed by atoms with Gasteiger partial charge in [-0.3, -0.25) is 9.59 Å². The molecular weight excluding hydrogens is 340 g/mol. The lowest BCUT2D eigenvalue weighted by Crippen LogP contribution is -2.38. The SMILES string of the molecule is O=C(NC1CCC(c2ccccc2)CC1)c1ccn(CC2CC2)c(=O)c1O. The Labute approximate surface area is 159 Å². The van der Waals surface area contributed by atoms with Gasteiger partial charge in [0.1, 0.15) is 0 Å². The van der Waals surface area contributed by atoms with Crippen LogP contribution in [0.2, 0.25) is 0 Å². The van der Waals surface area contributed by atoms with Gasteiger partial charge in [-0.05, 0) is 62.0 Å². The standard InChI is InChI=1S/C22H26N2O3/c25-20-19(12-13-24(22(20)27)14-15-6-7-15)21(26)23-18-10-8-17(9-11-18)16-4-2-1-3-5-16/h1-5,12-13,15,17-18,25H,6-11,14H2,(H,23,26). The normalized spacial score (nSPS) is 22.4. The van der Waals surface area contributed by atoms with Gasteiger partial charge in [-0.25, -0.2) is 0 Å². The van der Waals surface area contributed by atoms with Gasteiger partial charge >= 0.3 is 0 Å². The van der Waals surface area contributed by atoms with Crippen molar-refractivity contribution in [3.8, 4) is 5.75 Å². The summed E-state index contributed by atoms with van der Waals surface area (Å²) in [6.07, 6.45) is 7.76. The minimum absolute atomic E-state index is 0.0808. The fraction of sp³-hybridized carbons (Fsp3) is 0.455. The van der Waals surface area contributed by atoms with Crippen molar-refractivity contribution in [3.05, 3.63) is 64.1 Å². The summed E-state index contributed by atoms with van der Waals surface area (Å²) in [5.41, 5.74) is 0.971. The van der Waals surface area contributed by atoms with Crippen LogP contribution in [0.3, 0.4) is 0 Å². The highest BCUT2D eigenvalue weighted by molar-refractivity contribution is 5.96.